The first-order valence-electron chi connectivity index (χ1n) is 25.6. The van der Waals surface area contributed by atoms with Gasteiger partial charge >= 0.3 is 0 Å². The third-order valence-corrected chi connectivity index (χ3v) is 14.8. The molecule has 73 heavy (non-hydrogen) atoms. The second-order valence-corrected chi connectivity index (χ2v) is 20.5. The van der Waals surface area contributed by atoms with Gasteiger partial charge in [0.25, 0.3) is 0 Å². The predicted octanol–water partition coefficient (Wildman–Crippen LogP) is 8.73. The standard InChI is InChI=1S/C56H69N3O14/c1-34-44(58-59-57)42(30-60-27-38-19-11-7-12-20-38)65-36(3)45(34)67-53-49-48(71-55(5,6)72-49)47(37(4)66-53)69-51-35(2)46(43(31-63-51)62-29-40-23-15-9-16-24-40)68-54-50-56(33-64-54,32-61-28-39-21-13-8-14-22-39)73-52(70-50)41-25-17-10-18-26-41/h7-26,34-37,42-54H,27-33H2,1-6H3/t34?,35?,36-,37?,42?,43+,44+,45?,46?,47-,48?,49?,50?,51-,52-,53-,54-,56-/m0/s1. The Labute approximate surface area is 427 Å². The smallest absolute Gasteiger partial charge is 0.187 e. The molecule has 0 aromatic heterocycles. The van der Waals surface area contributed by atoms with Crippen molar-refractivity contribution in [3.05, 3.63) is 154 Å². The molecular weight excluding hydrogens is 939 g/mol. The molecule has 0 radical (unpaired) electrons. The first kappa shape index (κ1) is 52.1. The summed E-state index contributed by atoms with van der Waals surface area (Å²) >= 11 is 0. The third kappa shape index (κ3) is 11.9. The van der Waals surface area contributed by atoms with Gasteiger partial charge in [-0.05, 0) is 55.8 Å². The van der Waals surface area contributed by atoms with E-state index in [0.29, 0.717) is 19.8 Å². The van der Waals surface area contributed by atoms with Crippen LogP contribution in [-0.4, -0.2) is 124 Å². The number of nitrogens with zero attached hydrogens (tertiary/aromatic N) is 3. The number of azide groups is 1. The lowest BCUT2D eigenvalue weighted by atomic mass is 9.86. The van der Waals surface area contributed by atoms with Crippen LogP contribution in [0.15, 0.2) is 126 Å². The highest BCUT2D eigenvalue weighted by Gasteiger charge is 2.62. The Morgan fingerprint density at radius 2 is 1.19 bits per heavy atom. The van der Waals surface area contributed by atoms with Crippen molar-refractivity contribution in [1.82, 2.24) is 0 Å². The number of benzene rings is 4. The average Bonchev–Trinajstić information content (AvgIpc) is 4.05. The highest BCUT2D eigenvalue weighted by Crippen LogP contribution is 2.47. The van der Waals surface area contributed by atoms with Crippen LogP contribution in [0.4, 0.5) is 0 Å². The van der Waals surface area contributed by atoms with E-state index in [-0.39, 0.29) is 32.3 Å². The van der Waals surface area contributed by atoms with Gasteiger partial charge < -0.3 is 66.3 Å². The van der Waals surface area contributed by atoms with Gasteiger partial charge in [0.1, 0.15) is 36.1 Å². The molecule has 9 unspecified atom stereocenters. The summed E-state index contributed by atoms with van der Waals surface area (Å²) in [6, 6.07) is 39.2. The molecule has 6 aliphatic heterocycles. The van der Waals surface area contributed by atoms with Gasteiger partial charge in [-0.15, -0.1) is 0 Å². The lowest BCUT2D eigenvalue weighted by Gasteiger charge is -2.48. The summed E-state index contributed by atoms with van der Waals surface area (Å²) in [5, 5.41) is 4.18. The maximum absolute atomic E-state index is 9.66. The van der Waals surface area contributed by atoms with Crippen molar-refractivity contribution in [3.63, 3.8) is 0 Å². The number of hydrogen-bond acceptors (Lipinski definition) is 15. The lowest BCUT2D eigenvalue weighted by Crippen LogP contribution is -2.62. The molecule has 0 aliphatic carbocycles. The van der Waals surface area contributed by atoms with E-state index in [1.54, 1.807) is 0 Å². The molecule has 18 atom stereocenters. The van der Waals surface area contributed by atoms with Gasteiger partial charge in [0, 0.05) is 16.4 Å². The topological polar surface area (TPSA) is 178 Å². The Balaban J connectivity index is 0.841. The fraction of sp³-hybridized carbons (Fsp3) is 0.571. The monoisotopic (exact) mass is 1010 g/mol. The van der Waals surface area contributed by atoms with Crippen molar-refractivity contribution in [2.24, 2.45) is 17.0 Å². The molecule has 0 amide bonds. The maximum Gasteiger partial charge on any atom is 0.187 e. The Kier molecular flexibility index (Phi) is 16.6. The molecule has 6 saturated heterocycles. The second-order valence-electron chi connectivity index (χ2n) is 20.5. The van der Waals surface area contributed by atoms with Crippen LogP contribution in [0.3, 0.4) is 0 Å². The zero-order chi connectivity index (χ0) is 50.5. The molecule has 0 saturated carbocycles. The largest absolute Gasteiger partial charge is 0.374 e. The Morgan fingerprint density at radius 1 is 0.603 bits per heavy atom. The minimum absolute atomic E-state index is 0.159. The molecular formula is C56H69N3O14. The molecule has 6 heterocycles. The molecule has 0 spiro atoms. The van der Waals surface area contributed by atoms with E-state index in [4.69, 9.17) is 66.3 Å². The molecule has 392 valence electrons. The number of hydrogen-bond donors (Lipinski definition) is 0. The van der Waals surface area contributed by atoms with E-state index >= 15 is 0 Å². The summed E-state index contributed by atoms with van der Waals surface area (Å²) in [5.41, 5.74) is 12.7. The summed E-state index contributed by atoms with van der Waals surface area (Å²) in [4.78, 5) is 3.19. The van der Waals surface area contributed by atoms with Crippen LogP contribution in [-0.2, 0) is 86.1 Å². The predicted molar refractivity (Wildman–Crippen MR) is 263 cm³/mol. The van der Waals surface area contributed by atoms with Gasteiger partial charge in [-0.3, -0.25) is 0 Å². The molecule has 0 N–H and O–H groups in total. The summed E-state index contributed by atoms with van der Waals surface area (Å²) in [6.07, 6.45) is -8.88. The van der Waals surface area contributed by atoms with Gasteiger partial charge in [0.05, 0.1) is 82.8 Å². The van der Waals surface area contributed by atoms with Crippen molar-refractivity contribution in [1.29, 1.82) is 0 Å². The highest BCUT2D eigenvalue weighted by atomic mass is 16.8. The molecule has 4 aromatic rings. The van der Waals surface area contributed by atoms with Crippen LogP contribution >= 0.6 is 0 Å². The van der Waals surface area contributed by atoms with Crippen LogP contribution < -0.4 is 0 Å². The summed E-state index contributed by atoms with van der Waals surface area (Å²) in [5.74, 6) is -1.67. The molecule has 6 aliphatic rings. The van der Waals surface area contributed by atoms with Crippen LogP contribution in [0.25, 0.3) is 10.4 Å². The summed E-state index contributed by atoms with van der Waals surface area (Å²) in [7, 11) is 0. The Bertz CT molecular complexity index is 2410. The molecule has 10 rings (SSSR count). The SMILES string of the molecule is CC1C(O[C@@H]2OC[C@]3(COCc4ccccc4)O[C@@H](c4ccccc4)OC23)[C@H](OCc2ccccc2)CO[C@H]1O[C@H]1C(C)O[C@@H](OC2C(C)[C@@H](N=[N+]=[N-])C(COCc3ccccc3)O[C@H]2C)C2OC(C)(C)OC21. The normalized spacial score (nSPS) is 37.8. The van der Waals surface area contributed by atoms with Gasteiger partial charge in [0.2, 0.25) is 0 Å². The zero-order valence-corrected chi connectivity index (χ0v) is 42.4. The van der Waals surface area contributed by atoms with Crippen molar-refractivity contribution in [2.75, 3.05) is 26.4 Å². The van der Waals surface area contributed by atoms with Crippen LogP contribution in [0, 0.1) is 11.8 Å². The van der Waals surface area contributed by atoms with E-state index in [0.717, 1.165) is 22.3 Å². The number of ether oxygens (including phenoxy) is 14. The quantitative estimate of drug-likeness (QED) is 0.0495. The molecule has 6 fully saturated rings. The first-order valence-corrected chi connectivity index (χ1v) is 25.6. The van der Waals surface area contributed by atoms with Crippen LogP contribution in [0.2, 0.25) is 0 Å². The zero-order valence-electron chi connectivity index (χ0n) is 42.4. The van der Waals surface area contributed by atoms with Crippen LogP contribution in [0.5, 0.6) is 0 Å². The minimum atomic E-state index is -1.000. The fourth-order valence-electron chi connectivity index (χ4n) is 11.0. The van der Waals surface area contributed by atoms with Crippen molar-refractivity contribution >= 4 is 0 Å². The van der Waals surface area contributed by atoms with E-state index in [2.05, 4.69) is 10.0 Å². The van der Waals surface area contributed by atoms with Gasteiger partial charge in [-0.2, -0.15) is 0 Å². The van der Waals surface area contributed by atoms with Gasteiger partial charge in [-0.25, -0.2) is 0 Å². The Hall–Kier alpha value is -4.37. The van der Waals surface area contributed by atoms with E-state index in [1.165, 1.54) is 0 Å². The van der Waals surface area contributed by atoms with Gasteiger partial charge in [-0.1, -0.05) is 140 Å². The second kappa shape index (κ2) is 23.3. The summed E-state index contributed by atoms with van der Waals surface area (Å²) in [6.45, 7) is 13.6. The van der Waals surface area contributed by atoms with E-state index in [1.807, 2.05) is 163 Å². The summed E-state index contributed by atoms with van der Waals surface area (Å²) < 4.78 is 93.0. The molecule has 4 aromatic carbocycles. The highest BCUT2D eigenvalue weighted by molar-refractivity contribution is 5.19. The maximum atomic E-state index is 9.66. The van der Waals surface area contributed by atoms with Gasteiger partial charge in [0.15, 0.2) is 30.9 Å². The van der Waals surface area contributed by atoms with E-state index in [9.17, 15) is 5.53 Å². The molecule has 17 heteroatoms. The minimum Gasteiger partial charge on any atom is -0.374 e. The third-order valence-electron chi connectivity index (χ3n) is 14.8. The fourth-order valence-corrected chi connectivity index (χ4v) is 11.0. The first-order chi connectivity index (χ1) is 35.5. The number of rotatable bonds is 19. The lowest BCUT2D eigenvalue weighted by molar-refractivity contribution is -0.346. The van der Waals surface area contributed by atoms with Crippen molar-refractivity contribution in [3.8, 4) is 0 Å². The van der Waals surface area contributed by atoms with Crippen molar-refractivity contribution < 1.29 is 66.3 Å². The Morgan fingerprint density at radius 3 is 1.86 bits per heavy atom. The van der Waals surface area contributed by atoms with E-state index < -0.39 is 110 Å². The van der Waals surface area contributed by atoms with Crippen LogP contribution in [0.1, 0.15) is 70.1 Å². The average molecular weight is 1010 g/mol. The molecule has 17 nitrogen and oxygen atoms in total. The molecule has 0 bridgehead atoms. The van der Waals surface area contributed by atoms with Crippen molar-refractivity contribution in [2.45, 2.75) is 165 Å². The number of fused-ring (bicyclic) bond motifs is 2.